The largest absolute Gasteiger partial charge is 0.351 e. The molecular weight excluding hydrogens is 372 g/mol. The second-order valence-electron chi connectivity index (χ2n) is 4.42. The van der Waals surface area contributed by atoms with Crippen LogP contribution in [0, 0.1) is 0 Å². The second-order valence-corrected chi connectivity index (χ2v) is 6.42. The van der Waals surface area contributed by atoms with Gasteiger partial charge in [-0.15, -0.1) is 23.7 Å². The summed E-state index contributed by atoms with van der Waals surface area (Å²) in [7, 11) is 0. The highest BCUT2D eigenvalue weighted by molar-refractivity contribution is 9.10. The quantitative estimate of drug-likeness (QED) is 0.732. The van der Waals surface area contributed by atoms with E-state index in [0.29, 0.717) is 13.1 Å². The summed E-state index contributed by atoms with van der Waals surface area (Å²) < 4.78 is 1.05. The first kappa shape index (κ1) is 18.2. The van der Waals surface area contributed by atoms with E-state index in [1.807, 2.05) is 36.4 Å². The fourth-order valence-corrected chi connectivity index (χ4v) is 2.98. The van der Waals surface area contributed by atoms with Crippen LogP contribution in [-0.4, -0.2) is 19.0 Å². The van der Waals surface area contributed by atoms with Crippen LogP contribution in [0.15, 0.2) is 40.9 Å². The van der Waals surface area contributed by atoms with Crippen molar-refractivity contribution in [3.63, 3.8) is 0 Å². The zero-order valence-electron chi connectivity index (χ0n) is 11.5. The first-order valence-corrected chi connectivity index (χ1v) is 8.15. The highest BCUT2D eigenvalue weighted by Crippen LogP contribution is 2.29. The molecule has 0 bridgehead atoms. The monoisotopic (exact) mass is 388 g/mol. The van der Waals surface area contributed by atoms with Gasteiger partial charge in [0.1, 0.15) is 0 Å². The molecule has 0 atom stereocenters. The first-order chi connectivity index (χ1) is 9.70. The molecule has 0 radical (unpaired) electrons. The van der Waals surface area contributed by atoms with Crippen molar-refractivity contribution in [1.29, 1.82) is 0 Å². The molecule has 3 nitrogen and oxygen atoms in total. The van der Waals surface area contributed by atoms with Crippen LogP contribution < -0.4 is 11.1 Å². The summed E-state index contributed by atoms with van der Waals surface area (Å²) in [5, 5.41) is 2.92. The van der Waals surface area contributed by atoms with E-state index in [-0.39, 0.29) is 18.3 Å². The number of amides is 1. The predicted molar refractivity (Wildman–Crippen MR) is 95.3 cm³/mol. The Hall–Kier alpha value is -0.880. The Kier molecular flexibility index (Phi) is 7.96. The summed E-state index contributed by atoms with van der Waals surface area (Å²) >= 11 is 4.93. The molecular formula is C15H18BrClN2OS. The molecule has 114 valence electrons. The Morgan fingerprint density at radius 2 is 1.86 bits per heavy atom. The van der Waals surface area contributed by atoms with Gasteiger partial charge in [0.05, 0.1) is 4.88 Å². The minimum absolute atomic E-state index is 0. The molecule has 1 amide bonds. The summed E-state index contributed by atoms with van der Waals surface area (Å²) in [5.41, 5.74) is 6.55. The number of carbonyl (C=O) groups excluding carboxylic acids is 1. The zero-order chi connectivity index (χ0) is 14.4. The van der Waals surface area contributed by atoms with Gasteiger partial charge in [-0.3, -0.25) is 4.79 Å². The fourth-order valence-electron chi connectivity index (χ4n) is 1.79. The summed E-state index contributed by atoms with van der Waals surface area (Å²) in [4.78, 5) is 13.8. The van der Waals surface area contributed by atoms with Crippen molar-refractivity contribution < 1.29 is 4.79 Å². The van der Waals surface area contributed by atoms with Crippen LogP contribution >= 0.6 is 39.7 Å². The molecule has 0 aliphatic carbocycles. The lowest BCUT2D eigenvalue weighted by atomic mass is 10.2. The maximum Gasteiger partial charge on any atom is 0.261 e. The molecule has 0 aliphatic rings. The van der Waals surface area contributed by atoms with E-state index in [9.17, 15) is 4.79 Å². The molecule has 0 unspecified atom stereocenters. The minimum Gasteiger partial charge on any atom is -0.351 e. The number of nitrogens with two attached hydrogens (primary N) is 1. The van der Waals surface area contributed by atoms with E-state index in [2.05, 4.69) is 21.2 Å². The van der Waals surface area contributed by atoms with Gasteiger partial charge in [0.2, 0.25) is 0 Å². The first-order valence-electron chi connectivity index (χ1n) is 6.55. The third-order valence-corrected chi connectivity index (χ3v) is 4.54. The van der Waals surface area contributed by atoms with Gasteiger partial charge >= 0.3 is 0 Å². The molecule has 1 heterocycles. The fraction of sp³-hybridized carbons (Fsp3) is 0.267. The molecule has 0 spiro atoms. The number of nitrogens with one attached hydrogen (secondary N) is 1. The van der Waals surface area contributed by atoms with E-state index in [0.717, 1.165) is 32.6 Å². The SMILES string of the molecule is Cl.NCCCCNC(=O)c1ccc(-c2ccc(Br)cc2)s1. The Labute approximate surface area is 143 Å². The Morgan fingerprint density at radius 1 is 1.14 bits per heavy atom. The molecule has 2 rings (SSSR count). The van der Waals surface area contributed by atoms with Crippen molar-refractivity contribution in [3.8, 4) is 10.4 Å². The van der Waals surface area contributed by atoms with Crippen LogP contribution in [-0.2, 0) is 0 Å². The average Bonchev–Trinajstić information content (AvgIpc) is 2.94. The van der Waals surface area contributed by atoms with Gasteiger partial charge in [-0.25, -0.2) is 0 Å². The van der Waals surface area contributed by atoms with Crippen molar-refractivity contribution >= 4 is 45.6 Å². The predicted octanol–water partition coefficient (Wildman–Crippen LogP) is 4.07. The Balaban J connectivity index is 0.00000220. The zero-order valence-corrected chi connectivity index (χ0v) is 14.7. The Bertz CT molecular complexity index is 571. The van der Waals surface area contributed by atoms with E-state index < -0.39 is 0 Å². The third-order valence-electron chi connectivity index (χ3n) is 2.87. The van der Waals surface area contributed by atoms with Crippen molar-refractivity contribution in [2.75, 3.05) is 13.1 Å². The lowest BCUT2D eigenvalue weighted by molar-refractivity contribution is 0.0957. The number of hydrogen-bond acceptors (Lipinski definition) is 3. The molecule has 3 N–H and O–H groups in total. The summed E-state index contributed by atoms with van der Waals surface area (Å²) in [6.45, 7) is 1.35. The van der Waals surface area contributed by atoms with Crippen LogP contribution in [0.2, 0.25) is 0 Å². The number of rotatable bonds is 6. The highest BCUT2D eigenvalue weighted by atomic mass is 79.9. The maximum atomic E-state index is 12.0. The third kappa shape index (κ3) is 5.43. The van der Waals surface area contributed by atoms with Gasteiger partial charge in [-0.1, -0.05) is 28.1 Å². The summed E-state index contributed by atoms with van der Waals surface area (Å²) in [5.74, 6) is -0.00427. The molecule has 21 heavy (non-hydrogen) atoms. The number of halogens is 2. The number of hydrogen-bond donors (Lipinski definition) is 2. The van der Waals surface area contributed by atoms with Gasteiger partial charge in [0.15, 0.2) is 0 Å². The van der Waals surface area contributed by atoms with Gasteiger partial charge in [0, 0.05) is 15.9 Å². The molecule has 0 saturated heterocycles. The van der Waals surface area contributed by atoms with E-state index >= 15 is 0 Å². The van der Waals surface area contributed by atoms with Gasteiger partial charge < -0.3 is 11.1 Å². The van der Waals surface area contributed by atoms with E-state index in [1.54, 1.807) is 0 Å². The molecule has 6 heteroatoms. The second kappa shape index (κ2) is 9.20. The van der Waals surface area contributed by atoms with Crippen LogP contribution in [0.1, 0.15) is 22.5 Å². The summed E-state index contributed by atoms with van der Waals surface area (Å²) in [6, 6.07) is 11.9. The lowest BCUT2D eigenvalue weighted by Crippen LogP contribution is -2.23. The normalized spacial score (nSPS) is 10.0. The molecule has 1 aromatic carbocycles. The van der Waals surface area contributed by atoms with Crippen molar-refractivity contribution in [2.24, 2.45) is 5.73 Å². The molecule has 2 aromatic rings. The number of benzene rings is 1. The van der Waals surface area contributed by atoms with Crippen molar-refractivity contribution in [3.05, 3.63) is 45.7 Å². The van der Waals surface area contributed by atoms with Crippen LogP contribution in [0.5, 0.6) is 0 Å². The van der Waals surface area contributed by atoms with Crippen molar-refractivity contribution in [1.82, 2.24) is 5.32 Å². The van der Waals surface area contributed by atoms with Gasteiger partial charge in [0.25, 0.3) is 5.91 Å². The maximum absolute atomic E-state index is 12.0. The Morgan fingerprint density at radius 3 is 2.52 bits per heavy atom. The standard InChI is InChI=1S/C15H17BrN2OS.ClH/c16-12-5-3-11(4-6-12)13-7-8-14(20-13)15(19)18-10-2-1-9-17;/h3-8H,1-2,9-10,17H2,(H,18,19);1H. The molecule has 0 fully saturated rings. The molecule has 1 aromatic heterocycles. The topological polar surface area (TPSA) is 55.1 Å². The van der Waals surface area contributed by atoms with Gasteiger partial charge in [-0.2, -0.15) is 0 Å². The molecule has 0 saturated carbocycles. The van der Waals surface area contributed by atoms with Crippen molar-refractivity contribution in [2.45, 2.75) is 12.8 Å². The average molecular weight is 390 g/mol. The van der Waals surface area contributed by atoms with Crippen LogP contribution in [0.3, 0.4) is 0 Å². The number of carbonyl (C=O) groups is 1. The lowest BCUT2D eigenvalue weighted by Gasteiger charge is -2.02. The van der Waals surface area contributed by atoms with Gasteiger partial charge in [-0.05, 0) is 49.2 Å². The van der Waals surface area contributed by atoms with E-state index in [4.69, 9.17) is 5.73 Å². The summed E-state index contributed by atoms with van der Waals surface area (Å²) in [6.07, 6.45) is 1.86. The smallest absolute Gasteiger partial charge is 0.261 e. The van der Waals surface area contributed by atoms with E-state index in [1.165, 1.54) is 11.3 Å². The van der Waals surface area contributed by atoms with Crippen LogP contribution in [0.4, 0.5) is 0 Å². The molecule has 0 aliphatic heterocycles. The minimum atomic E-state index is -0.00427. The van der Waals surface area contributed by atoms with Crippen LogP contribution in [0.25, 0.3) is 10.4 Å². The number of unbranched alkanes of at least 4 members (excludes halogenated alkanes) is 1. The highest BCUT2D eigenvalue weighted by Gasteiger charge is 2.09. The number of thiophene rings is 1.